The molecule has 16 aromatic carbocycles. The smallest absolute Gasteiger partial charge is 0.141 e. The summed E-state index contributed by atoms with van der Waals surface area (Å²) in [5.41, 5.74) is 23.8. The van der Waals surface area contributed by atoms with Gasteiger partial charge in [-0.15, -0.1) is 34.0 Å². The second-order valence-corrected chi connectivity index (χ2v) is 37.4. The first kappa shape index (κ1) is 80.4. The molecule has 0 aliphatic carbocycles. The molecule has 0 radical (unpaired) electrons. The van der Waals surface area contributed by atoms with Gasteiger partial charge in [-0.2, -0.15) is 0 Å². The molecule has 0 aliphatic heterocycles. The van der Waals surface area contributed by atoms with Gasteiger partial charge in [-0.05, 0) is 232 Å². The molecule has 119 heavy (non-hydrogen) atoms. The Morgan fingerprint density at radius 3 is 1.15 bits per heavy atom. The maximum Gasteiger partial charge on any atom is 0.141 e. The van der Waals surface area contributed by atoms with Crippen LogP contribution in [0.5, 0.6) is 0 Å². The Bertz CT molecular complexity index is 7250. The number of benzene rings is 16. The van der Waals surface area contributed by atoms with Crippen molar-refractivity contribution in [3.63, 3.8) is 0 Å². The molecule has 0 saturated heterocycles. The lowest BCUT2D eigenvalue weighted by Crippen LogP contribution is -2.24. The molecule has 23 aromatic rings. The fourth-order valence-electron chi connectivity index (χ4n) is 16.9. The zero-order chi connectivity index (χ0) is 82.8. The van der Waals surface area contributed by atoms with Gasteiger partial charge in [-0.3, -0.25) is 0 Å². The highest BCUT2D eigenvalue weighted by Gasteiger charge is 2.29. The molecule has 0 aliphatic rings. The van der Waals surface area contributed by atoms with Gasteiger partial charge >= 0.3 is 0 Å². The van der Waals surface area contributed by atoms with Crippen LogP contribution in [0.3, 0.4) is 0 Å². The van der Waals surface area contributed by atoms with Crippen LogP contribution in [-0.2, 0) is 4.57 Å². The lowest BCUT2D eigenvalue weighted by Gasteiger charge is -2.23. The number of para-hydroxylation sites is 5. The molecule has 9 heteroatoms. The number of hydrogen-bond donors (Lipinski definition) is 0. The normalized spacial score (nSPS) is 11.3. The molecule has 0 atom stereocenters. The predicted octanol–water partition coefficient (Wildman–Crippen LogP) is 33.1. The van der Waals surface area contributed by atoms with Gasteiger partial charge in [0, 0.05) is 114 Å². The van der Waals surface area contributed by atoms with Crippen LogP contribution in [0, 0.1) is 90.0 Å². The molecular formula is C110H95O5PS3. The summed E-state index contributed by atoms with van der Waals surface area (Å²) in [5.74, 6) is 0. The molecule has 0 saturated carbocycles. The summed E-state index contributed by atoms with van der Waals surface area (Å²) in [6.45, 7) is 29.2. The van der Waals surface area contributed by atoms with Gasteiger partial charge in [0.25, 0.3) is 0 Å². The number of fused-ring (bicyclic) bond motifs is 21. The highest BCUT2D eigenvalue weighted by Crippen LogP contribution is 2.45. The molecule has 5 nitrogen and oxygen atoms in total. The number of thiophene rings is 3. The van der Waals surface area contributed by atoms with Crippen molar-refractivity contribution in [2.45, 2.75) is 90.0 Å². The molecule has 0 unspecified atom stereocenters. The summed E-state index contributed by atoms with van der Waals surface area (Å²) in [7, 11) is -2.59. The number of rotatable bonds is 2. The van der Waals surface area contributed by atoms with Crippen LogP contribution in [0.1, 0.15) is 72.3 Å². The van der Waals surface area contributed by atoms with E-state index in [9.17, 15) is 4.57 Å². The molecular weight excluding hydrogens is 1530 g/mol. The van der Waals surface area contributed by atoms with E-state index in [1.807, 2.05) is 132 Å². The maximum absolute atomic E-state index is 13.7. The minimum Gasteiger partial charge on any atom is -0.456 e. The SMILES string of the molecule is Cc1cc(C)c(P(C)(=O)c2c(C)cc(C)cc2C)c(C)c1.Cc1ccc2c(c1)oc1ccccc12.Cc1ccc2c(c1)sc1ccccc12.Cc1ccc2oc3ccccc3c2c1.Cc1ccc2sc3ccccc3c2c1.Cc1cccc2c1oc1ccccc12.Cc1cccc2c1sc1ccccc12.Cc1cccc2oc3ccccc3c12. The van der Waals surface area contributed by atoms with Crippen LogP contribution in [0.15, 0.2) is 339 Å². The van der Waals surface area contributed by atoms with Gasteiger partial charge in [0.1, 0.15) is 51.8 Å². The zero-order valence-electron chi connectivity index (χ0n) is 69.8. The van der Waals surface area contributed by atoms with Crippen molar-refractivity contribution in [3.05, 3.63) is 394 Å². The van der Waals surface area contributed by atoms with E-state index >= 15 is 0 Å². The van der Waals surface area contributed by atoms with Crippen LogP contribution in [-0.4, -0.2) is 6.66 Å². The fraction of sp³-hybridized carbons (Fsp3) is 0.127. The Hall–Kier alpha value is -12.4. The topological polar surface area (TPSA) is 69.6 Å². The average molecular weight is 1620 g/mol. The summed E-state index contributed by atoms with van der Waals surface area (Å²) < 4.78 is 45.0. The quantitative estimate of drug-likeness (QED) is 0.161. The Kier molecular flexibility index (Phi) is 23.4. The molecule has 0 spiro atoms. The van der Waals surface area contributed by atoms with E-state index in [1.165, 1.54) is 154 Å². The summed E-state index contributed by atoms with van der Waals surface area (Å²) >= 11 is 5.63. The molecule has 0 N–H and O–H groups in total. The lowest BCUT2D eigenvalue weighted by atomic mass is 10.1. The van der Waals surface area contributed by atoms with E-state index in [0.29, 0.717) is 0 Å². The average Bonchev–Trinajstić information content (AvgIpc) is 1.73. The van der Waals surface area contributed by atoms with Gasteiger partial charge in [-0.1, -0.05) is 259 Å². The summed E-state index contributed by atoms with van der Waals surface area (Å²) in [4.78, 5) is 0. The molecule has 588 valence electrons. The van der Waals surface area contributed by atoms with E-state index in [-0.39, 0.29) is 0 Å². The highest BCUT2D eigenvalue weighted by molar-refractivity contribution is 7.78. The number of hydrogen-bond acceptors (Lipinski definition) is 8. The predicted molar refractivity (Wildman–Crippen MR) is 520 cm³/mol. The summed E-state index contributed by atoms with van der Waals surface area (Å²) in [6.07, 6.45) is 0. The van der Waals surface area contributed by atoms with Gasteiger partial charge in [0.15, 0.2) is 0 Å². The molecule has 23 rings (SSSR count). The molecule has 0 fully saturated rings. The monoisotopic (exact) mass is 1620 g/mol. The Labute approximate surface area is 707 Å². The second kappa shape index (κ2) is 34.7. The van der Waals surface area contributed by atoms with E-state index in [0.717, 1.165) is 77.5 Å². The van der Waals surface area contributed by atoms with Crippen LogP contribution in [0.2, 0.25) is 0 Å². The van der Waals surface area contributed by atoms with Crippen molar-refractivity contribution in [1.82, 2.24) is 0 Å². The van der Waals surface area contributed by atoms with E-state index in [1.54, 1.807) is 0 Å². The van der Waals surface area contributed by atoms with Crippen molar-refractivity contribution >= 4 is 200 Å². The minimum absolute atomic E-state index is 0.966. The first-order valence-corrected chi connectivity index (χ1v) is 45.1. The van der Waals surface area contributed by atoms with Crippen LogP contribution in [0.25, 0.3) is 148 Å². The van der Waals surface area contributed by atoms with E-state index < -0.39 is 7.14 Å². The summed E-state index contributed by atoms with van der Waals surface area (Å²) in [6, 6.07) is 112. The van der Waals surface area contributed by atoms with Crippen molar-refractivity contribution in [1.29, 1.82) is 0 Å². The third-order valence-electron chi connectivity index (χ3n) is 22.1. The van der Waals surface area contributed by atoms with Crippen LogP contribution < -0.4 is 10.6 Å². The van der Waals surface area contributed by atoms with Crippen molar-refractivity contribution in [3.8, 4) is 0 Å². The Morgan fingerprint density at radius 1 is 0.210 bits per heavy atom. The second-order valence-electron chi connectivity index (χ2n) is 31.5. The third kappa shape index (κ3) is 17.0. The summed E-state index contributed by atoms with van der Waals surface area (Å²) in [5, 5.41) is 20.1. The van der Waals surface area contributed by atoms with Gasteiger partial charge in [-0.25, -0.2) is 0 Å². The number of furan rings is 4. The Morgan fingerprint density at radius 2 is 0.555 bits per heavy atom. The Balaban J connectivity index is 0.000000102. The maximum atomic E-state index is 13.7. The fourth-order valence-corrected chi connectivity index (χ4v) is 23.5. The first-order valence-electron chi connectivity index (χ1n) is 40.5. The van der Waals surface area contributed by atoms with Crippen molar-refractivity contribution in [2.75, 3.05) is 6.66 Å². The van der Waals surface area contributed by atoms with Gasteiger partial charge in [0.2, 0.25) is 0 Å². The van der Waals surface area contributed by atoms with Crippen molar-refractivity contribution < 1.29 is 22.2 Å². The van der Waals surface area contributed by atoms with Gasteiger partial charge in [0.05, 0.1) is 0 Å². The standard InChI is InChI=1S/C19H25OP.4C13H10O.3C13H10S/c1-12-8-14(3)18(15(4)9-12)21(7,20)19-16(5)10-13(2)11-17(19)6;1-9-5-4-7-11-10-6-2-3-8-12(10)14-13(9)11;1-9-5-4-8-12-13(9)10-6-2-3-7-11(10)14-12;1-9-6-7-13-11(8-9)10-4-2-3-5-12(10)14-13;1-9-6-7-11-10-4-2-3-5-12(10)14-13(11)8-9;1-9-5-4-7-11-10-6-2-3-8-12(10)14-13(9)11;1-9-6-7-13-11(8-9)10-4-2-3-5-12(10)14-13;1-9-6-7-11-10-4-2-3-5-12(10)14-13(11)8-9/h8-11H,1-7H3;7*2-8H,1H3. The molecule has 0 bridgehead atoms. The third-order valence-corrected chi connectivity index (χ3v) is 28.8. The zero-order valence-corrected chi connectivity index (χ0v) is 73.2. The van der Waals surface area contributed by atoms with Crippen LogP contribution in [0.4, 0.5) is 0 Å². The molecule has 7 aromatic heterocycles. The molecule has 0 amide bonds. The number of aryl methyl sites for hydroxylation is 13. The van der Waals surface area contributed by atoms with Crippen LogP contribution >= 0.6 is 41.2 Å². The van der Waals surface area contributed by atoms with E-state index in [4.69, 9.17) is 17.7 Å². The van der Waals surface area contributed by atoms with Crippen molar-refractivity contribution in [2.24, 2.45) is 0 Å². The van der Waals surface area contributed by atoms with E-state index in [2.05, 4.69) is 321 Å². The molecule has 7 heterocycles. The van der Waals surface area contributed by atoms with Gasteiger partial charge < -0.3 is 22.2 Å². The lowest BCUT2D eigenvalue weighted by molar-refractivity contribution is 0.590. The highest BCUT2D eigenvalue weighted by atomic mass is 32.1. The minimum atomic E-state index is -2.59. The first-order chi connectivity index (χ1) is 57.6. The largest absolute Gasteiger partial charge is 0.456 e.